The summed E-state index contributed by atoms with van der Waals surface area (Å²) in [6, 6.07) is 20.0. The predicted molar refractivity (Wildman–Crippen MR) is 192 cm³/mol. The Morgan fingerprint density at radius 3 is 1.46 bits per heavy atom. The molecule has 0 aliphatic heterocycles. The number of pyridine rings is 2. The Morgan fingerprint density at radius 2 is 1.04 bits per heavy atom. The van der Waals surface area contributed by atoms with Crippen molar-refractivity contribution in [2.24, 2.45) is 22.7 Å². The molecule has 2 aromatic heterocycles. The molecular weight excluding hydrogens is 667 g/mol. The normalized spacial score (nSPS) is 21.2. The van der Waals surface area contributed by atoms with Gasteiger partial charge in [0.2, 0.25) is 0 Å². The van der Waals surface area contributed by atoms with Gasteiger partial charge < -0.3 is 9.47 Å². The molecule has 0 radical (unpaired) electrons. The maximum absolute atomic E-state index is 10.8. The summed E-state index contributed by atoms with van der Waals surface area (Å²) in [5.41, 5.74) is 4.23. The van der Waals surface area contributed by atoms with E-state index in [1.807, 2.05) is 31.2 Å². The molecule has 6 rings (SSSR count). The number of carbonyl (C=O) groups excluding carboxylic acids is 1. The summed E-state index contributed by atoms with van der Waals surface area (Å²) in [6.07, 6.45) is 11.1. The van der Waals surface area contributed by atoms with E-state index >= 15 is 0 Å². The van der Waals surface area contributed by atoms with Crippen LogP contribution in [0.15, 0.2) is 60.7 Å². The molecule has 8 heteroatoms. The fourth-order valence-electron chi connectivity index (χ4n) is 7.02. The molecular formula is C40H52N2O5Se. The number of hydrogen-bond acceptors (Lipinski definition) is 7. The van der Waals surface area contributed by atoms with Gasteiger partial charge in [-0.3, -0.25) is 9.78 Å². The topological polar surface area (TPSA) is 95.4 Å². The zero-order valence-corrected chi connectivity index (χ0v) is 31.4. The summed E-state index contributed by atoms with van der Waals surface area (Å²) in [4.78, 5) is 19.6. The molecule has 2 aliphatic rings. The summed E-state index contributed by atoms with van der Waals surface area (Å²) >= 11 is -1.62. The monoisotopic (exact) mass is 720 g/mol. The van der Waals surface area contributed by atoms with Crippen LogP contribution < -0.4 is 9.47 Å². The first-order chi connectivity index (χ1) is 22.8. The van der Waals surface area contributed by atoms with E-state index in [2.05, 4.69) is 81.8 Å². The van der Waals surface area contributed by atoms with Crippen LogP contribution in [0, 0.1) is 29.6 Å². The van der Waals surface area contributed by atoms with Crippen LogP contribution in [0.5, 0.6) is 11.5 Å². The first-order valence-electron chi connectivity index (χ1n) is 17.3. The van der Waals surface area contributed by atoms with E-state index in [9.17, 15) is 4.79 Å². The summed E-state index contributed by atoms with van der Waals surface area (Å²) in [5, 5.41) is 2.17. The molecule has 7 nitrogen and oxygen atoms in total. The Labute approximate surface area is 292 Å². The maximum atomic E-state index is 10.8. The second-order valence-electron chi connectivity index (χ2n) is 15.5. The van der Waals surface area contributed by atoms with Crippen LogP contribution in [0.1, 0.15) is 109 Å². The van der Waals surface area contributed by atoms with E-state index in [0.29, 0.717) is 28.7 Å². The standard InChI is InChI=1S/C20H25NO2.C20H27NO.O2Se/c1-20(2,3)15-5-8-17(9-6-15)23-18-10-11-19-14(12-18)4-7-16(13-22)21-19;1-14-5-6-15-13-18(11-12-19(15)21-14)22-17-9-7-16(8-10-17)20(2,3)4;1-3-2/h4,7,10-13,15,17H,5-6,8-9H2,1-3H3;5-6,11-13,16-17H,7-10H2,1-4H3;. The fourth-order valence-corrected chi connectivity index (χ4v) is 7.02. The van der Waals surface area contributed by atoms with Crippen molar-refractivity contribution in [2.75, 3.05) is 0 Å². The van der Waals surface area contributed by atoms with E-state index in [1.165, 1.54) is 38.5 Å². The summed E-state index contributed by atoms with van der Waals surface area (Å²) in [7, 11) is 0. The number of hydrogen-bond donors (Lipinski definition) is 0. The van der Waals surface area contributed by atoms with Gasteiger partial charge in [0.25, 0.3) is 0 Å². The third-order valence-corrected chi connectivity index (χ3v) is 10.0. The van der Waals surface area contributed by atoms with Crippen molar-refractivity contribution in [1.82, 2.24) is 9.97 Å². The predicted octanol–water partition coefficient (Wildman–Crippen LogP) is 9.94. The third kappa shape index (κ3) is 10.8. The Balaban J connectivity index is 0.000000201. The number of carbonyl (C=O) groups is 1. The van der Waals surface area contributed by atoms with E-state index < -0.39 is 14.8 Å². The number of rotatable bonds is 5. The van der Waals surface area contributed by atoms with Gasteiger partial charge in [-0.15, -0.1) is 0 Å². The number of aldehydes is 1. The van der Waals surface area contributed by atoms with Crippen LogP contribution in [-0.4, -0.2) is 43.3 Å². The fraction of sp³-hybridized carbons (Fsp3) is 0.525. The first-order valence-corrected chi connectivity index (χ1v) is 18.7. The van der Waals surface area contributed by atoms with Crippen molar-refractivity contribution in [3.63, 3.8) is 0 Å². The van der Waals surface area contributed by atoms with Gasteiger partial charge in [0.05, 0.1) is 23.2 Å². The van der Waals surface area contributed by atoms with E-state index in [-0.39, 0.29) is 0 Å². The average molecular weight is 720 g/mol. The van der Waals surface area contributed by atoms with E-state index in [1.54, 1.807) is 6.07 Å². The van der Waals surface area contributed by atoms with Crippen molar-refractivity contribution in [2.45, 2.75) is 112 Å². The zero-order valence-electron chi connectivity index (χ0n) is 29.7. The molecule has 0 bridgehead atoms. The van der Waals surface area contributed by atoms with Crippen molar-refractivity contribution in [3.05, 3.63) is 72.1 Å². The van der Waals surface area contributed by atoms with Gasteiger partial charge in [-0.2, -0.15) is 0 Å². The van der Waals surface area contributed by atoms with Crippen LogP contribution in [0.3, 0.4) is 0 Å². The second-order valence-corrected chi connectivity index (χ2v) is 15.8. The Hall–Kier alpha value is -3.35. The molecule has 4 aromatic rings. The molecule has 2 aliphatic carbocycles. The molecule has 2 heterocycles. The van der Waals surface area contributed by atoms with Gasteiger partial charge in [0, 0.05) is 16.5 Å². The molecule has 48 heavy (non-hydrogen) atoms. The van der Waals surface area contributed by atoms with Gasteiger partial charge in [0.1, 0.15) is 17.2 Å². The number of fused-ring (bicyclic) bond motifs is 2. The van der Waals surface area contributed by atoms with E-state index in [0.717, 1.165) is 70.0 Å². The molecule has 2 saturated carbocycles. The van der Waals surface area contributed by atoms with Crippen molar-refractivity contribution >= 4 is 42.9 Å². The van der Waals surface area contributed by atoms with Gasteiger partial charge in [-0.05, 0) is 129 Å². The van der Waals surface area contributed by atoms with Crippen LogP contribution in [0.25, 0.3) is 21.8 Å². The number of benzene rings is 2. The summed E-state index contributed by atoms with van der Waals surface area (Å²) < 4.78 is 29.3. The second kappa shape index (κ2) is 16.8. The molecule has 0 atom stereocenters. The minimum absolute atomic E-state index is 0.313. The molecule has 0 saturated heterocycles. The van der Waals surface area contributed by atoms with Crippen LogP contribution in [0.4, 0.5) is 0 Å². The molecule has 2 fully saturated rings. The third-order valence-electron chi connectivity index (χ3n) is 10.0. The molecule has 0 N–H and O–H groups in total. The van der Waals surface area contributed by atoms with Crippen LogP contribution in [-0.2, 0) is 7.67 Å². The van der Waals surface area contributed by atoms with Gasteiger partial charge >= 0.3 is 22.5 Å². The Kier molecular flexibility index (Phi) is 13.2. The molecule has 0 spiro atoms. The quantitative estimate of drug-likeness (QED) is 0.150. The van der Waals surface area contributed by atoms with E-state index in [4.69, 9.17) is 17.1 Å². The Bertz CT molecular complexity index is 1690. The van der Waals surface area contributed by atoms with Crippen molar-refractivity contribution in [1.29, 1.82) is 0 Å². The summed E-state index contributed by atoms with van der Waals surface area (Å²) in [5.74, 6) is 3.51. The number of aromatic nitrogens is 2. The van der Waals surface area contributed by atoms with Gasteiger partial charge in [-0.25, -0.2) is 4.98 Å². The minimum atomic E-state index is -1.62. The molecule has 2 aromatic carbocycles. The average Bonchev–Trinajstić information content (AvgIpc) is 3.05. The molecule has 0 amide bonds. The Morgan fingerprint density at radius 1 is 0.625 bits per heavy atom. The molecule has 258 valence electrons. The first kappa shape index (κ1) is 37.5. The van der Waals surface area contributed by atoms with Crippen LogP contribution in [0.2, 0.25) is 0 Å². The van der Waals surface area contributed by atoms with Crippen molar-refractivity contribution < 1.29 is 21.9 Å². The summed E-state index contributed by atoms with van der Waals surface area (Å²) in [6.45, 7) is 16.1. The van der Waals surface area contributed by atoms with Crippen molar-refractivity contribution in [3.8, 4) is 11.5 Å². The molecule has 0 unspecified atom stereocenters. The number of nitrogens with zero attached hydrogens (tertiary/aromatic N) is 2. The number of ether oxygens (including phenoxy) is 2. The van der Waals surface area contributed by atoms with Gasteiger partial charge in [0.15, 0.2) is 6.29 Å². The van der Waals surface area contributed by atoms with Gasteiger partial charge in [-0.1, -0.05) is 53.7 Å². The SMILES string of the molecule is CC(C)(C)C1CCC(Oc2ccc3nc(C=O)ccc3c2)CC1.Cc1ccc2cc(OC3CCC(C(C)(C)C)CC3)ccc2n1.O=[Se]=O. The zero-order chi connectivity index (χ0) is 34.9. The van der Waals surface area contributed by atoms with Crippen LogP contribution >= 0.6 is 0 Å². The number of aryl methyl sites for hydroxylation is 1.